The Hall–Kier alpha value is -4.12. The highest BCUT2D eigenvalue weighted by molar-refractivity contribution is 6.31. The Kier molecular flexibility index (Phi) is 7.55. The van der Waals surface area contributed by atoms with Crippen LogP contribution in [-0.2, 0) is 17.4 Å². The molecule has 0 bridgehead atoms. The first-order valence-electron chi connectivity index (χ1n) is 14.5. The van der Waals surface area contributed by atoms with Crippen molar-refractivity contribution in [1.29, 1.82) is 0 Å². The highest BCUT2D eigenvalue weighted by Crippen LogP contribution is 2.45. The predicted octanol–water partition coefficient (Wildman–Crippen LogP) is 7.22. The van der Waals surface area contributed by atoms with Crippen molar-refractivity contribution >= 4 is 34.9 Å². The summed E-state index contributed by atoms with van der Waals surface area (Å²) in [5, 5.41) is 4.26. The van der Waals surface area contributed by atoms with Gasteiger partial charge in [0.25, 0.3) is 5.91 Å². The van der Waals surface area contributed by atoms with Gasteiger partial charge < -0.3 is 9.88 Å². The fourth-order valence-electron chi connectivity index (χ4n) is 6.40. The molecule has 8 nitrogen and oxygen atoms in total. The number of likely N-dealkylation sites (tertiary alicyclic amines) is 1. The zero-order valence-corrected chi connectivity index (χ0v) is 25.4. The summed E-state index contributed by atoms with van der Waals surface area (Å²) >= 11 is 5.80. The van der Waals surface area contributed by atoms with Gasteiger partial charge in [0.1, 0.15) is 5.82 Å². The van der Waals surface area contributed by atoms with Gasteiger partial charge in [0.2, 0.25) is 5.91 Å². The van der Waals surface area contributed by atoms with Gasteiger partial charge in [-0.05, 0) is 62.9 Å². The van der Waals surface area contributed by atoms with Crippen LogP contribution in [0.4, 0.5) is 24.7 Å². The number of carbonyl (C=O) groups excluding carboxylic acids is 2. The number of nitrogens with zero attached hydrogens (tertiary/aromatic N) is 5. The molecule has 4 heterocycles. The lowest BCUT2D eigenvalue weighted by Crippen LogP contribution is -2.56. The van der Waals surface area contributed by atoms with E-state index in [1.54, 1.807) is 22.3 Å². The lowest BCUT2D eigenvalue weighted by atomic mass is 9.84. The molecule has 0 radical (unpaired) electrons. The predicted molar refractivity (Wildman–Crippen MR) is 161 cm³/mol. The zero-order valence-electron chi connectivity index (χ0n) is 24.7. The highest BCUT2D eigenvalue weighted by atomic mass is 35.5. The summed E-state index contributed by atoms with van der Waals surface area (Å²) in [6.07, 6.45) is -0.264. The van der Waals surface area contributed by atoms with Crippen molar-refractivity contribution in [2.75, 3.05) is 11.4 Å². The number of halogens is 4. The SMILES string of the molecule is Cc1[nH]cnc1-c1ccc(N2C(=O)C3C[C@H](C)N(C(=O)c4ccc(Cl)c(C(F)(F)F)c4)CC3n3ncc(CC(C)C)c32)cc1. The molecule has 2 aromatic carbocycles. The molecule has 4 aromatic rings. The molecule has 2 aromatic heterocycles. The second-order valence-electron chi connectivity index (χ2n) is 12.0. The third kappa shape index (κ3) is 5.16. The van der Waals surface area contributed by atoms with Crippen LogP contribution >= 0.6 is 11.6 Å². The summed E-state index contributed by atoms with van der Waals surface area (Å²) < 4.78 is 42.5. The van der Waals surface area contributed by atoms with Gasteiger partial charge in [-0.15, -0.1) is 0 Å². The summed E-state index contributed by atoms with van der Waals surface area (Å²) in [7, 11) is 0. The number of amides is 2. The first-order valence-corrected chi connectivity index (χ1v) is 14.9. The van der Waals surface area contributed by atoms with Gasteiger partial charge in [-0.1, -0.05) is 37.6 Å². The van der Waals surface area contributed by atoms with E-state index in [9.17, 15) is 22.8 Å². The molecule has 0 saturated carbocycles. The van der Waals surface area contributed by atoms with Gasteiger partial charge in [-0.3, -0.25) is 14.5 Å². The molecule has 44 heavy (non-hydrogen) atoms. The van der Waals surface area contributed by atoms with Gasteiger partial charge in [-0.25, -0.2) is 9.67 Å². The fraction of sp³-hybridized carbons (Fsp3) is 0.375. The van der Waals surface area contributed by atoms with Crippen molar-refractivity contribution in [2.24, 2.45) is 11.8 Å². The van der Waals surface area contributed by atoms with Gasteiger partial charge in [0.15, 0.2) is 0 Å². The van der Waals surface area contributed by atoms with Gasteiger partial charge in [0.05, 0.1) is 46.5 Å². The van der Waals surface area contributed by atoms with E-state index in [2.05, 4.69) is 23.8 Å². The molecule has 2 aliphatic rings. The minimum Gasteiger partial charge on any atom is -0.348 e. The molecule has 0 aliphatic carbocycles. The highest BCUT2D eigenvalue weighted by Gasteiger charge is 2.48. The number of imidazole rings is 1. The van der Waals surface area contributed by atoms with Crippen LogP contribution in [0.25, 0.3) is 11.3 Å². The average molecular weight is 625 g/mol. The van der Waals surface area contributed by atoms with Crippen LogP contribution in [0, 0.1) is 18.8 Å². The number of hydrogen-bond acceptors (Lipinski definition) is 4. The number of fused-ring (bicyclic) bond motifs is 3. The van der Waals surface area contributed by atoms with Gasteiger partial charge >= 0.3 is 6.18 Å². The van der Waals surface area contributed by atoms with E-state index in [-0.39, 0.29) is 18.0 Å². The summed E-state index contributed by atoms with van der Waals surface area (Å²) in [5.41, 5.74) is 3.13. The fourth-order valence-corrected chi connectivity index (χ4v) is 6.62. The van der Waals surface area contributed by atoms with E-state index in [0.717, 1.165) is 34.6 Å². The molecule has 1 fully saturated rings. The maximum absolute atomic E-state index is 14.3. The summed E-state index contributed by atoms with van der Waals surface area (Å²) in [5.74, 6) is -0.186. The number of alkyl halides is 3. The van der Waals surface area contributed by atoms with Crippen LogP contribution in [0.2, 0.25) is 5.02 Å². The molecule has 2 amide bonds. The maximum atomic E-state index is 14.3. The molecule has 0 spiro atoms. The van der Waals surface area contributed by atoms with E-state index in [1.807, 2.05) is 42.8 Å². The number of H-pyrrole nitrogens is 1. The number of aromatic amines is 1. The van der Waals surface area contributed by atoms with Crippen molar-refractivity contribution in [2.45, 2.75) is 58.8 Å². The Bertz CT molecular complexity index is 1730. The quantitative estimate of drug-likeness (QED) is 0.254. The van der Waals surface area contributed by atoms with Crippen molar-refractivity contribution in [1.82, 2.24) is 24.6 Å². The standard InChI is InChI=1S/C32H32ClF3N6O2/c1-17(2)11-22-14-39-42-27-15-40(30(43)21-7-10-26(33)25(13-21)32(34,35)36)18(3)12-24(27)31(44)41(29(22)42)23-8-5-20(6-9-23)28-19(4)37-16-38-28/h5-10,13-14,16-18,24,27H,11-12,15H2,1-4H3,(H,37,38)/t18-,24?,27?/m0/s1. The Labute approximate surface area is 257 Å². The van der Waals surface area contributed by atoms with Crippen molar-refractivity contribution in [3.05, 3.63) is 82.4 Å². The normalized spacial score (nSPS) is 20.2. The molecule has 1 N–H and O–H groups in total. The Morgan fingerprint density at radius 2 is 1.89 bits per heavy atom. The number of aryl methyl sites for hydroxylation is 1. The number of piperidine rings is 1. The summed E-state index contributed by atoms with van der Waals surface area (Å²) in [6.45, 7) is 8.07. The Morgan fingerprint density at radius 1 is 1.16 bits per heavy atom. The second kappa shape index (κ2) is 11.1. The van der Waals surface area contributed by atoms with Crippen LogP contribution in [0.3, 0.4) is 0 Å². The van der Waals surface area contributed by atoms with E-state index in [4.69, 9.17) is 16.7 Å². The minimum atomic E-state index is -4.70. The van der Waals surface area contributed by atoms with Crippen molar-refractivity contribution in [3.8, 4) is 11.3 Å². The Balaban J connectivity index is 1.37. The molecule has 2 unspecified atom stereocenters. The second-order valence-corrected chi connectivity index (χ2v) is 12.4. The van der Waals surface area contributed by atoms with Gasteiger partial charge in [-0.2, -0.15) is 18.3 Å². The van der Waals surface area contributed by atoms with Gasteiger partial charge in [0, 0.05) is 35.0 Å². The first kappa shape index (κ1) is 29.9. The van der Waals surface area contributed by atoms with Crippen LogP contribution in [0.1, 0.15) is 60.4 Å². The lowest BCUT2D eigenvalue weighted by Gasteiger charge is -2.47. The number of aromatic nitrogens is 4. The monoisotopic (exact) mass is 624 g/mol. The molecular formula is C32H32ClF3N6O2. The van der Waals surface area contributed by atoms with Crippen LogP contribution in [0.5, 0.6) is 0 Å². The van der Waals surface area contributed by atoms with Crippen LogP contribution in [-0.4, -0.2) is 49.0 Å². The third-order valence-electron chi connectivity index (χ3n) is 8.52. The molecule has 230 valence electrons. The molecule has 6 rings (SSSR count). The smallest absolute Gasteiger partial charge is 0.348 e. The van der Waals surface area contributed by atoms with Crippen LogP contribution < -0.4 is 4.90 Å². The van der Waals surface area contributed by atoms with E-state index in [0.29, 0.717) is 30.3 Å². The number of hydrogen-bond donors (Lipinski definition) is 1. The molecule has 12 heteroatoms. The Morgan fingerprint density at radius 3 is 2.52 bits per heavy atom. The van der Waals surface area contributed by atoms with Crippen molar-refractivity contribution < 1.29 is 22.8 Å². The number of anilines is 2. The molecule has 3 atom stereocenters. The summed E-state index contributed by atoms with van der Waals surface area (Å²) in [6, 6.07) is 9.99. The van der Waals surface area contributed by atoms with Crippen molar-refractivity contribution in [3.63, 3.8) is 0 Å². The zero-order chi connectivity index (χ0) is 31.5. The topological polar surface area (TPSA) is 87.1 Å². The third-order valence-corrected chi connectivity index (χ3v) is 8.85. The average Bonchev–Trinajstić information content (AvgIpc) is 3.58. The maximum Gasteiger partial charge on any atom is 0.417 e. The number of carbonyl (C=O) groups is 2. The van der Waals surface area contributed by atoms with Crippen LogP contribution in [0.15, 0.2) is 55.0 Å². The van der Waals surface area contributed by atoms with E-state index in [1.165, 1.54) is 6.07 Å². The number of rotatable bonds is 5. The molecule has 1 saturated heterocycles. The summed E-state index contributed by atoms with van der Waals surface area (Å²) in [4.78, 5) is 38.7. The first-order chi connectivity index (χ1) is 20.8. The molecule has 2 aliphatic heterocycles. The largest absolute Gasteiger partial charge is 0.417 e. The minimum absolute atomic E-state index is 0.0958. The number of nitrogens with one attached hydrogen (secondary N) is 1. The van der Waals surface area contributed by atoms with E-state index < -0.39 is 40.7 Å². The lowest BCUT2D eigenvalue weighted by molar-refractivity contribution is -0.137. The van der Waals surface area contributed by atoms with E-state index >= 15 is 0 Å². The number of benzene rings is 2. The molecular weight excluding hydrogens is 593 g/mol.